The fraction of sp³-hybridized carbons (Fsp3) is 0.136. The van der Waals surface area contributed by atoms with Crippen LogP contribution in [0.2, 0.25) is 0 Å². The third kappa shape index (κ3) is 3.32. The van der Waals surface area contributed by atoms with Gasteiger partial charge in [-0.05, 0) is 36.4 Å². The zero-order valence-electron chi connectivity index (χ0n) is 14.0. The van der Waals surface area contributed by atoms with Gasteiger partial charge in [-0.2, -0.15) is 0 Å². The Hall–Kier alpha value is -2.24. The number of aliphatic imine (C=N–C) groups is 1. The fourth-order valence-corrected chi connectivity index (χ4v) is 7.48. The topological polar surface area (TPSA) is 12.4 Å². The Morgan fingerprint density at radius 2 is 1.04 bits per heavy atom. The largest absolute Gasteiger partial charge is 0.301 e. The van der Waals surface area contributed by atoms with E-state index in [0.29, 0.717) is 0 Å². The van der Waals surface area contributed by atoms with Gasteiger partial charge >= 0.3 is 0 Å². The molecule has 0 saturated heterocycles. The van der Waals surface area contributed by atoms with Crippen LogP contribution in [-0.4, -0.2) is 19.4 Å². The molecule has 0 aliphatic rings. The van der Waals surface area contributed by atoms with Gasteiger partial charge in [0, 0.05) is 19.7 Å². The molecule has 0 saturated carbocycles. The van der Waals surface area contributed by atoms with Crippen LogP contribution >= 0.6 is 7.26 Å². The Balaban J connectivity index is 2.24. The lowest BCUT2D eigenvalue weighted by molar-refractivity contribution is 1.29. The maximum Gasteiger partial charge on any atom is 0.112 e. The van der Waals surface area contributed by atoms with Gasteiger partial charge in [0.05, 0.1) is 6.16 Å². The summed E-state index contributed by atoms with van der Waals surface area (Å²) in [5.74, 6) is 0. The smallest absolute Gasteiger partial charge is 0.112 e. The van der Waals surface area contributed by atoms with Gasteiger partial charge in [-0.15, -0.1) is 0 Å². The quantitative estimate of drug-likeness (QED) is 0.477. The minimum atomic E-state index is -1.67. The summed E-state index contributed by atoms with van der Waals surface area (Å²) in [5, 5.41) is 4.31. The summed E-state index contributed by atoms with van der Waals surface area (Å²) in [6, 6.07) is 33.0. The van der Waals surface area contributed by atoms with Crippen LogP contribution in [0.4, 0.5) is 0 Å². The predicted octanol–water partition coefficient (Wildman–Crippen LogP) is 4.07. The Morgan fingerprint density at radius 3 is 1.38 bits per heavy atom. The fourth-order valence-electron chi connectivity index (χ4n) is 3.26. The highest BCUT2D eigenvalue weighted by molar-refractivity contribution is 7.95. The van der Waals surface area contributed by atoms with Crippen molar-refractivity contribution in [2.75, 3.05) is 13.2 Å². The molecule has 0 bridgehead atoms. The molecule has 2 heteroatoms. The molecule has 0 N–H and O–H groups in total. The van der Waals surface area contributed by atoms with Gasteiger partial charge in [0.15, 0.2) is 0 Å². The molecule has 0 aliphatic carbocycles. The standard InChI is InChI=1S/C22H23NP/c1-23-18-11-19-24(20-12-5-2-6-13-20,21-14-7-3-8-15-21)22-16-9-4-10-17-22/h2-10,12-18H,11,19H2,1H3/q+1. The third-order valence-corrected chi connectivity index (χ3v) is 8.84. The summed E-state index contributed by atoms with van der Waals surface area (Å²) in [6.45, 7) is 0. The van der Waals surface area contributed by atoms with Gasteiger partial charge in [0.1, 0.15) is 23.2 Å². The van der Waals surface area contributed by atoms with Gasteiger partial charge in [-0.25, -0.2) is 0 Å². The lowest BCUT2D eigenvalue weighted by Crippen LogP contribution is -2.33. The predicted molar refractivity (Wildman–Crippen MR) is 109 cm³/mol. The molecule has 3 rings (SSSR count). The first-order chi connectivity index (χ1) is 11.9. The Kier molecular flexibility index (Phi) is 5.56. The lowest BCUT2D eigenvalue weighted by atomic mass is 10.4. The molecule has 3 aromatic carbocycles. The molecule has 3 aromatic rings. The van der Waals surface area contributed by atoms with Gasteiger partial charge in [0.25, 0.3) is 0 Å². The van der Waals surface area contributed by atoms with E-state index in [1.165, 1.54) is 15.9 Å². The van der Waals surface area contributed by atoms with Crippen LogP contribution in [0.5, 0.6) is 0 Å². The van der Waals surface area contributed by atoms with Crippen molar-refractivity contribution >= 4 is 29.4 Å². The lowest BCUT2D eigenvalue weighted by Gasteiger charge is -2.27. The zero-order valence-corrected chi connectivity index (χ0v) is 14.9. The van der Waals surface area contributed by atoms with E-state index < -0.39 is 7.26 Å². The van der Waals surface area contributed by atoms with E-state index in [1.807, 2.05) is 13.3 Å². The molecule has 0 amide bonds. The van der Waals surface area contributed by atoms with E-state index >= 15 is 0 Å². The SMILES string of the molecule is CN=CCC[P+](c1ccccc1)(c1ccccc1)c1ccccc1. The highest BCUT2D eigenvalue weighted by Crippen LogP contribution is 2.55. The van der Waals surface area contributed by atoms with E-state index in [2.05, 4.69) is 96.0 Å². The van der Waals surface area contributed by atoms with E-state index in [9.17, 15) is 0 Å². The van der Waals surface area contributed by atoms with Gasteiger partial charge < -0.3 is 4.99 Å². The first-order valence-corrected chi connectivity index (χ1v) is 10.3. The van der Waals surface area contributed by atoms with Crippen LogP contribution in [0.3, 0.4) is 0 Å². The Morgan fingerprint density at radius 1 is 0.667 bits per heavy atom. The zero-order chi connectivity index (χ0) is 16.7. The van der Waals surface area contributed by atoms with Crippen molar-refractivity contribution in [3.05, 3.63) is 91.0 Å². The van der Waals surface area contributed by atoms with Crippen molar-refractivity contribution in [1.82, 2.24) is 0 Å². The van der Waals surface area contributed by atoms with Crippen molar-refractivity contribution in [2.45, 2.75) is 6.42 Å². The second-order valence-electron chi connectivity index (χ2n) is 5.77. The molecule has 0 aliphatic heterocycles. The maximum absolute atomic E-state index is 4.21. The maximum atomic E-state index is 4.21. The number of hydrogen-bond acceptors (Lipinski definition) is 1. The number of nitrogens with zero attached hydrogens (tertiary/aromatic N) is 1. The number of benzene rings is 3. The molecule has 0 fully saturated rings. The monoisotopic (exact) mass is 332 g/mol. The molecule has 24 heavy (non-hydrogen) atoms. The minimum absolute atomic E-state index is 0.989. The van der Waals surface area contributed by atoms with Crippen molar-refractivity contribution < 1.29 is 0 Å². The van der Waals surface area contributed by atoms with Crippen LogP contribution in [0.25, 0.3) is 0 Å². The summed E-state index contributed by atoms with van der Waals surface area (Å²) in [4.78, 5) is 4.21. The first kappa shape index (κ1) is 16.6. The Labute approximate surface area is 145 Å². The summed E-state index contributed by atoms with van der Waals surface area (Å²) < 4.78 is 0. The van der Waals surface area contributed by atoms with Crippen molar-refractivity contribution in [2.24, 2.45) is 4.99 Å². The highest BCUT2D eigenvalue weighted by Gasteiger charge is 2.44. The second-order valence-corrected chi connectivity index (χ2v) is 9.39. The van der Waals surface area contributed by atoms with Crippen molar-refractivity contribution in [3.8, 4) is 0 Å². The normalized spacial score (nSPS) is 11.7. The molecule has 0 atom stereocenters. The second kappa shape index (κ2) is 8.04. The van der Waals surface area contributed by atoms with E-state index in [1.54, 1.807) is 0 Å². The van der Waals surface area contributed by atoms with E-state index in [4.69, 9.17) is 0 Å². The van der Waals surface area contributed by atoms with Gasteiger partial charge in [0.2, 0.25) is 0 Å². The van der Waals surface area contributed by atoms with Gasteiger partial charge in [-0.1, -0.05) is 54.6 Å². The minimum Gasteiger partial charge on any atom is -0.301 e. The molecule has 0 radical (unpaired) electrons. The van der Waals surface area contributed by atoms with Crippen molar-refractivity contribution in [3.63, 3.8) is 0 Å². The summed E-state index contributed by atoms with van der Waals surface area (Å²) in [6.07, 6.45) is 4.13. The average molecular weight is 332 g/mol. The van der Waals surface area contributed by atoms with Crippen LogP contribution < -0.4 is 15.9 Å². The number of rotatable bonds is 6. The summed E-state index contributed by atoms with van der Waals surface area (Å²) in [7, 11) is 0.181. The van der Waals surface area contributed by atoms with E-state index in [-0.39, 0.29) is 0 Å². The van der Waals surface area contributed by atoms with Crippen LogP contribution in [-0.2, 0) is 0 Å². The highest BCUT2D eigenvalue weighted by atomic mass is 31.2. The Bertz CT molecular complexity index is 670. The molecule has 0 spiro atoms. The number of hydrogen-bond donors (Lipinski definition) is 0. The molecule has 0 unspecified atom stereocenters. The van der Waals surface area contributed by atoms with Gasteiger partial charge in [-0.3, -0.25) is 0 Å². The molecule has 120 valence electrons. The molecular formula is C22H23NP+. The molecule has 0 heterocycles. The van der Waals surface area contributed by atoms with Crippen LogP contribution in [0.15, 0.2) is 96.0 Å². The van der Waals surface area contributed by atoms with E-state index in [0.717, 1.165) is 12.6 Å². The van der Waals surface area contributed by atoms with Crippen LogP contribution in [0.1, 0.15) is 6.42 Å². The summed E-state index contributed by atoms with van der Waals surface area (Å²) >= 11 is 0. The average Bonchev–Trinajstić information content (AvgIpc) is 2.68. The summed E-state index contributed by atoms with van der Waals surface area (Å²) in [5.41, 5.74) is 0. The van der Waals surface area contributed by atoms with Crippen LogP contribution in [0, 0.1) is 0 Å². The first-order valence-electron chi connectivity index (χ1n) is 8.33. The molecular weight excluding hydrogens is 309 g/mol. The van der Waals surface area contributed by atoms with Crippen molar-refractivity contribution in [1.29, 1.82) is 0 Å². The third-order valence-electron chi connectivity index (χ3n) is 4.37. The molecule has 0 aromatic heterocycles. The molecule has 1 nitrogen and oxygen atoms in total.